The second kappa shape index (κ2) is 5.08. The number of carbonyl (C=O) groups is 1. The molecule has 0 aliphatic rings. The molecule has 0 aliphatic carbocycles. The van der Waals surface area contributed by atoms with Crippen molar-refractivity contribution in [3.05, 3.63) is 17.5 Å². The summed E-state index contributed by atoms with van der Waals surface area (Å²) >= 11 is 6.19. The van der Waals surface area contributed by atoms with Gasteiger partial charge in [-0.15, -0.1) is 11.6 Å². The molecule has 0 radical (unpaired) electrons. The highest BCUT2D eigenvalue weighted by molar-refractivity contribution is 6.30. The lowest BCUT2D eigenvalue weighted by Crippen LogP contribution is -2.42. The van der Waals surface area contributed by atoms with E-state index in [1.807, 2.05) is 34.7 Å². The maximum Gasteiger partial charge on any atom is 0.243 e. The second-order valence-electron chi connectivity index (χ2n) is 5.16. The molecule has 1 aromatic rings. The lowest BCUT2D eigenvalue weighted by Gasteiger charge is -2.22. The fourth-order valence-electron chi connectivity index (χ4n) is 1.61. The van der Waals surface area contributed by atoms with Gasteiger partial charge in [-0.05, 0) is 27.2 Å². The van der Waals surface area contributed by atoms with Gasteiger partial charge in [0.1, 0.15) is 5.38 Å². The quantitative estimate of drug-likeness (QED) is 0.844. The van der Waals surface area contributed by atoms with Gasteiger partial charge in [0.05, 0.1) is 5.69 Å². The molecule has 0 aromatic carbocycles. The number of aromatic nitrogens is 2. The third-order valence-electron chi connectivity index (χ3n) is 2.27. The van der Waals surface area contributed by atoms with E-state index in [2.05, 4.69) is 10.4 Å². The van der Waals surface area contributed by atoms with E-state index < -0.39 is 5.38 Å². The first-order valence-electron chi connectivity index (χ1n) is 5.73. The minimum absolute atomic E-state index is 0.179. The Labute approximate surface area is 107 Å². The SMILES string of the molecule is CCc1nn(C)cc1C(Cl)C(=O)NC(C)(C)C. The van der Waals surface area contributed by atoms with Gasteiger partial charge in [-0.3, -0.25) is 9.48 Å². The molecule has 0 aliphatic heterocycles. The fraction of sp³-hybridized carbons (Fsp3) is 0.667. The number of halogens is 1. The zero-order valence-electron chi connectivity index (χ0n) is 11.0. The molecule has 0 bridgehead atoms. The van der Waals surface area contributed by atoms with E-state index in [4.69, 9.17) is 11.6 Å². The van der Waals surface area contributed by atoms with Gasteiger partial charge in [0.2, 0.25) is 5.91 Å². The first kappa shape index (κ1) is 14.0. The third kappa shape index (κ3) is 3.73. The van der Waals surface area contributed by atoms with Crippen LogP contribution in [0.1, 0.15) is 44.3 Å². The first-order chi connectivity index (χ1) is 7.74. The number of aryl methyl sites for hydroxylation is 2. The van der Waals surface area contributed by atoms with Crippen molar-refractivity contribution in [3.63, 3.8) is 0 Å². The van der Waals surface area contributed by atoms with Crippen molar-refractivity contribution < 1.29 is 4.79 Å². The first-order valence-corrected chi connectivity index (χ1v) is 6.16. The summed E-state index contributed by atoms with van der Waals surface area (Å²) in [4.78, 5) is 12.0. The number of alkyl halides is 1. The Kier molecular flexibility index (Phi) is 4.20. The average Bonchev–Trinajstić information content (AvgIpc) is 2.55. The highest BCUT2D eigenvalue weighted by Gasteiger charge is 2.25. The van der Waals surface area contributed by atoms with E-state index in [1.54, 1.807) is 10.9 Å². The average molecular weight is 258 g/mol. The van der Waals surface area contributed by atoms with Crippen LogP contribution in [0.4, 0.5) is 0 Å². The predicted octanol–water partition coefficient (Wildman–Crippen LogP) is 2.18. The Morgan fingerprint density at radius 2 is 2.18 bits per heavy atom. The largest absolute Gasteiger partial charge is 0.350 e. The van der Waals surface area contributed by atoms with Crippen molar-refractivity contribution in [1.82, 2.24) is 15.1 Å². The molecule has 1 atom stereocenters. The van der Waals surface area contributed by atoms with E-state index in [0.29, 0.717) is 0 Å². The van der Waals surface area contributed by atoms with E-state index in [9.17, 15) is 4.79 Å². The van der Waals surface area contributed by atoms with Gasteiger partial charge >= 0.3 is 0 Å². The summed E-state index contributed by atoms with van der Waals surface area (Å²) in [6, 6.07) is 0. The van der Waals surface area contributed by atoms with Crippen LogP contribution in [0.2, 0.25) is 0 Å². The molecule has 17 heavy (non-hydrogen) atoms. The molecule has 0 spiro atoms. The summed E-state index contributed by atoms with van der Waals surface area (Å²) in [6.07, 6.45) is 2.57. The van der Waals surface area contributed by atoms with Crippen molar-refractivity contribution in [2.45, 2.75) is 45.0 Å². The summed E-state index contributed by atoms with van der Waals surface area (Å²) in [5.41, 5.74) is 1.38. The van der Waals surface area contributed by atoms with Crippen molar-refractivity contribution in [1.29, 1.82) is 0 Å². The molecule has 1 aromatic heterocycles. The van der Waals surface area contributed by atoms with Gasteiger partial charge in [0.15, 0.2) is 0 Å². The van der Waals surface area contributed by atoms with Crippen LogP contribution in [0.15, 0.2) is 6.20 Å². The van der Waals surface area contributed by atoms with E-state index >= 15 is 0 Å². The van der Waals surface area contributed by atoms with E-state index in [1.165, 1.54) is 0 Å². The molecule has 1 N–H and O–H groups in total. The zero-order valence-corrected chi connectivity index (χ0v) is 11.8. The summed E-state index contributed by atoms with van der Waals surface area (Å²) in [5.74, 6) is -0.179. The Morgan fingerprint density at radius 1 is 1.59 bits per heavy atom. The van der Waals surface area contributed by atoms with Gasteiger partial charge < -0.3 is 5.32 Å². The molecule has 1 heterocycles. The van der Waals surface area contributed by atoms with Crippen LogP contribution in [0, 0.1) is 0 Å². The molecule has 4 nitrogen and oxygen atoms in total. The van der Waals surface area contributed by atoms with Crippen molar-refractivity contribution >= 4 is 17.5 Å². The van der Waals surface area contributed by atoms with Gasteiger partial charge in [-0.2, -0.15) is 5.10 Å². The summed E-state index contributed by atoms with van der Waals surface area (Å²) < 4.78 is 1.69. The second-order valence-corrected chi connectivity index (χ2v) is 5.60. The molecule has 96 valence electrons. The van der Waals surface area contributed by atoms with Gasteiger partial charge in [-0.1, -0.05) is 6.92 Å². The molecule has 1 rings (SSSR count). The van der Waals surface area contributed by atoms with E-state index in [-0.39, 0.29) is 11.4 Å². The lowest BCUT2D eigenvalue weighted by molar-refractivity contribution is -0.122. The number of nitrogens with zero attached hydrogens (tertiary/aromatic N) is 2. The summed E-state index contributed by atoms with van der Waals surface area (Å²) in [5, 5.41) is 6.47. The fourth-order valence-corrected chi connectivity index (χ4v) is 1.85. The lowest BCUT2D eigenvalue weighted by atomic mass is 10.1. The smallest absolute Gasteiger partial charge is 0.243 e. The van der Waals surface area contributed by atoms with Crippen LogP contribution >= 0.6 is 11.6 Å². The number of hydrogen-bond acceptors (Lipinski definition) is 2. The number of nitrogens with one attached hydrogen (secondary N) is 1. The summed E-state index contributed by atoms with van der Waals surface area (Å²) in [7, 11) is 1.83. The zero-order chi connectivity index (χ0) is 13.2. The van der Waals surface area contributed by atoms with Gasteiger partial charge in [0, 0.05) is 24.3 Å². The molecule has 1 unspecified atom stereocenters. The Bertz CT molecular complexity index is 406. The molecular formula is C12H20ClN3O. The summed E-state index contributed by atoms with van der Waals surface area (Å²) in [6.45, 7) is 7.78. The van der Waals surface area contributed by atoms with Gasteiger partial charge in [0.25, 0.3) is 0 Å². The van der Waals surface area contributed by atoms with Crippen molar-refractivity contribution in [3.8, 4) is 0 Å². The van der Waals surface area contributed by atoms with Crippen LogP contribution < -0.4 is 5.32 Å². The van der Waals surface area contributed by atoms with Crippen LogP contribution in [-0.2, 0) is 18.3 Å². The van der Waals surface area contributed by atoms with E-state index in [0.717, 1.165) is 17.7 Å². The number of carbonyl (C=O) groups excluding carboxylic acids is 1. The molecule has 0 saturated heterocycles. The highest BCUT2D eigenvalue weighted by Crippen LogP contribution is 2.24. The van der Waals surface area contributed by atoms with Crippen molar-refractivity contribution in [2.24, 2.45) is 7.05 Å². The molecule has 0 fully saturated rings. The Balaban J connectivity index is 2.88. The number of amides is 1. The van der Waals surface area contributed by atoms with Crippen LogP contribution in [-0.4, -0.2) is 21.2 Å². The number of rotatable bonds is 3. The van der Waals surface area contributed by atoms with Crippen molar-refractivity contribution in [2.75, 3.05) is 0 Å². The number of hydrogen-bond donors (Lipinski definition) is 1. The highest BCUT2D eigenvalue weighted by atomic mass is 35.5. The maximum atomic E-state index is 12.0. The molecule has 0 saturated carbocycles. The maximum absolute atomic E-state index is 12.0. The van der Waals surface area contributed by atoms with Crippen LogP contribution in [0.25, 0.3) is 0 Å². The minimum atomic E-state index is -0.683. The third-order valence-corrected chi connectivity index (χ3v) is 2.71. The monoisotopic (exact) mass is 257 g/mol. The Hall–Kier alpha value is -1.03. The van der Waals surface area contributed by atoms with Crippen LogP contribution in [0.3, 0.4) is 0 Å². The molecular weight excluding hydrogens is 238 g/mol. The minimum Gasteiger partial charge on any atom is -0.350 e. The Morgan fingerprint density at radius 3 is 2.65 bits per heavy atom. The predicted molar refractivity (Wildman–Crippen MR) is 69.1 cm³/mol. The molecule has 5 heteroatoms. The molecule has 1 amide bonds. The van der Waals surface area contributed by atoms with Gasteiger partial charge in [-0.25, -0.2) is 0 Å². The standard InChI is InChI=1S/C12H20ClN3O/c1-6-9-8(7-16(5)15-9)10(13)11(17)14-12(2,3)4/h7,10H,6H2,1-5H3,(H,14,17). The normalized spacial score (nSPS) is 13.5. The van der Waals surface area contributed by atoms with Crippen LogP contribution in [0.5, 0.6) is 0 Å². The topological polar surface area (TPSA) is 46.9 Å².